The predicted octanol–water partition coefficient (Wildman–Crippen LogP) is 3.95. The van der Waals surface area contributed by atoms with Crippen LogP contribution in [0.3, 0.4) is 0 Å². The molecule has 0 aliphatic carbocycles. The number of benzene rings is 1. The van der Waals surface area contributed by atoms with Crippen LogP contribution in [0.15, 0.2) is 73.2 Å². The molecule has 25 heavy (non-hydrogen) atoms. The molecule has 0 bridgehead atoms. The predicted molar refractivity (Wildman–Crippen MR) is 98.8 cm³/mol. The minimum absolute atomic E-state index is 0.0518. The van der Waals surface area contributed by atoms with Crippen molar-refractivity contribution in [3.63, 3.8) is 0 Å². The van der Waals surface area contributed by atoms with Gasteiger partial charge in [0.25, 0.3) is 0 Å². The number of hydrogen-bond acceptors (Lipinski definition) is 3. The Hall–Kier alpha value is -3.01. The molecule has 0 saturated carbocycles. The number of carbonyl (C=O) groups is 1. The van der Waals surface area contributed by atoms with E-state index < -0.39 is 0 Å². The van der Waals surface area contributed by atoms with Crippen molar-refractivity contribution in [2.24, 2.45) is 0 Å². The van der Waals surface area contributed by atoms with Crippen LogP contribution < -0.4 is 5.32 Å². The number of pyridine rings is 2. The fraction of sp³-hybridized carbons (Fsp3) is 0.190. The largest absolute Gasteiger partial charge is 0.351 e. The van der Waals surface area contributed by atoms with Gasteiger partial charge in [0.1, 0.15) is 0 Å². The standard InChI is InChI=1S/C21H21N3O/c1-2-19(17-6-4-3-5-7-17)21(25)24-15-16-8-13-23-20(14-16)18-9-11-22-12-10-18/h3-14,19H,2,15H2,1H3,(H,24,25)/t19-/m0/s1. The highest BCUT2D eigenvalue weighted by molar-refractivity contribution is 5.83. The second-order valence-corrected chi connectivity index (χ2v) is 5.87. The van der Waals surface area contributed by atoms with E-state index in [9.17, 15) is 4.79 Å². The van der Waals surface area contributed by atoms with Crippen LogP contribution in [-0.2, 0) is 11.3 Å². The van der Waals surface area contributed by atoms with Crippen LogP contribution in [-0.4, -0.2) is 15.9 Å². The van der Waals surface area contributed by atoms with E-state index in [1.165, 1.54) is 0 Å². The summed E-state index contributed by atoms with van der Waals surface area (Å²) < 4.78 is 0. The van der Waals surface area contributed by atoms with E-state index in [1.54, 1.807) is 18.6 Å². The lowest BCUT2D eigenvalue weighted by Crippen LogP contribution is -2.28. The van der Waals surface area contributed by atoms with Crippen LogP contribution in [0.1, 0.15) is 30.4 Å². The molecule has 4 heteroatoms. The first-order chi connectivity index (χ1) is 12.3. The third kappa shape index (κ3) is 4.29. The van der Waals surface area contributed by atoms with Crippen LogP contribution in [0.25, 0.3) is 11.3 Å². The van der Waals surface area contributed by atoms with Crippen molar-refractivity contribution in [1.29, 1.82) is 0 Å². The Bertz CT molecular complexity index is 819. The number of nitrogens with one attached hydrogen (secondary N) is 1. The molecule has 0 aliphatic heterocycles. The molecule has 126 valence electrons. The Labute approximate surface area is 148 Å². The van der Waals surface area contributed by atoms with Gasteiger partial charge in [-0.15, -0.1) is 0 Å². The van der Waals surface area contributed by atoms with Gasteiger partial charge in [-0.2, -0.15) is 0 Å². The zero-order valence-corrected chi connectivity index (χ0v) is 14.2. The highest BCUT2D eigenvalue weighted by Crippen LogP contribution is 2.20. The van der Waals surface area contributed by atoms with Crippen molar-refractivity contribution in [2.75, 3.05) is 0 Å². The summed E-state index contributed by atoms with van der Waals surface area (Å²) in [5.41, 5.74) is 3.97. The second-order valence-electron chi connectivity index (χ2n) is 5.87. The summed E-state index contributed by atoms with van der Waals surface area (Å²) >= 11 is 0. The molecule has 1 amide bonds. The fourth-order valence-electron chi connectivity index (χ4n) is 2.83. The van der Waals surface area contributed by atoms with Gasteiger partial charge >= 0.3 is 0 Å². The lowest BCUT2D eigenvalue weighted by atomic mass is 9.95. The molecule has 1 atom stereocenters. The highest BCUT2D eigenvalue weighted by atomic mass is 16.1. The Morgan fingerprint density at radius 2 is 1.80 bits per heavy atom. The smallest absolute Gasteiger partial charge is 0.227 e. The summed E-state index contributed by atoms with van der Waals surface area (Å²) in [6.07, 6.45) is 6.04. The van der Waals surface area contributed by atoms with E-state index in [0.717, 1.165) is 28.8 Å². The van der Waals surface area contributed by atoms with Crippen molar-refractivity contribution >= 4 is 5.91 Å². The molecule has 0 fully saturated rings. The van der Waals surface area contributed by atoms with E-state index in [2.05, 4.69) is 15.3 Å². The minimum Gasteiger partial charge on any atom is -0.351 e. The van der Waals surface area contributed by atoms with Crippen LogP contribution in [0.2, 0.25) is 0 Å². The summed E-state index contributed by atoms with van der Waals surface area (Å²) in [7, 11) is 0. The average Bonchev–Trinajstić information content (AvgIpc) is 2.69. The van der Waals surface area contributed by atoms with Crippen molar-refractivity contribution in [3.8, 4) is 11.3 Å². The summed E-state index contributed by atoms with van der Waals surface area (Å²) in [5, 5.41) is 3.05. The Kier molecular flexibility index (Phi) is 5.52. The number of amides is 1. The molecule has 1 N–H and O–H groups in total. The van der Waals surface area contributed by atoms with E-state index in [-0.39, 0.29) is 11.8 Å². The highest BCUT2D eigenvalue weighted by Gasteiger charge is 2.17. The molecule has 0 radical (unpaired) electrons. The molecule has 2 aromatic heterocycles. The van der Waals surface area contributed by atoms with E-state index >= 15 is 0 Å². The van der Waals surface area contributed by atoms with Gasteiger partial charge in [0.2, 0.25) is 5.91 Å². The summed E-state index contributed by atoms with van der Waals surface area (Å²) in [6.45, 7) is 2.52. The van der Waals surface area contributed by atoms with Crippen LogP contribution in [0.5, 0.6) is 0 Å². The number of carbonyl (C=O) groups excluding carboxylic acids is 1. The lowest BCUT2D eigenvalue weighted by Gasteiger charge is -2.15. The van der Waals surface area contributed by atoms with Crippen LogP contribution >= 0.6 is 0 Å². The van der Waals surface area contributed by atoms with Crippen molar-refractivity contribution in [1.82, 2.24) is 15.3 Å². The summed E-state index contributed by atoms with van der Waals surface area (Å²) in [5.74, 6) is -0.0707. The van der Waals surface area contributed by atoms with Crippen molar-refractivity contribution in [2.45, 2.75) is 25.8 Å². The van der Waals surface area contributed by atoms with Gasteiger partial charge in [0, 0.05) is 30.7 Å². The van der Waals surface area contributed by atoms with Gasteiger partial charge in [0.15, 0.2) is 0 Å². The number of nitrogens with zero attached hydrogens (tertiary/aromatic N) is 2. The number of rotatable bonds is 6. The zero-order valence-electron chi connectivity index (χ0n) is 14.2. The Morgan fingerprint density at radius 1 is 1.04 bits per heavy atom. The SMILES string of the molecule is CC[C@H](C(=O)NCc1ccnc(-c2ccncc2)c1)c1ccccc1. The van der Waals surface area contributed by atoms with Gasteiger partial charge in [-0.25, -0.2) is 0 Å². The second kappa shape index (κ2) is 8.20. The third-order valence-electron chi connectivity index (χ3n) is 4.19. The maximum atomic E-state index is 12.6. The van der Waals surface area contributed by atoms with Crippen molar-refractivity contribution in [3.05, 3.63) is 84.3 Å². The summed E-state index contributed by atoms with van der Waals surface area (Å²) in [6, 6.07) is 17.7. The first-order valence-electron chi connectivity index (χ1n) is 8.46. The van der Waals surface area contributed by atoms with Crippen LogP contribution in [0.4, 0.5) is 0 Å². The molecule has 1 aromatic carbocycles. The maximum Gasteiger partial charge on any atom is 0.227 e. The Balaban J connectivity index is 1.68. The maximum absolute atomic E-state index is 12.6. The van der Waals surface area contributed by atoms with Gasteiger partial charge in [0.05, 0.1) is 11.6 Å². The van der Waals surface area contributed by atoms with Crippen molar-refractivity contribution < 1.29 is 4.79 Å². The molecule has 0 saturated heterocycles. The topological polar surface area (TPSA) is 54.9 Å². The molecule has 0 spiro atoms. The van der Waals surface area contributed by atoms with E-state index in [1.807, 2.05) is 61.5 Å². The fourth-order valence-corrected chi connectivity index (χ4v) is 2.83. The minimum atomic E-state index is -0.122. The molecule has 4 nitrogen and oxygen atoms in total. The molecule has 3 aromatic rings. The molecule has 0 unspecified atom stereocenters. The van der Waals surface area contributed by atoms with Gasteiger partial charge in [-0.3, -0.25) is 14.8 Å². The molecule has 3 rings (SSSR count). The first-order valence-corrected chi connectivity index (χ1v) is 8.46. The van der Waals surface area contributed by atoms with Gasteiger partial charge in [-0.05, 0) is 41.8 Å². The molecule has 0 aliphatic rings. The van der Waals surface area contributed by atoms with E-state index in [0.29, 0.717) is 6.54 Å². The lowest BCUT2D eigenvalue weighted by molar-refractivity contribution is -0.122. The number of hydrogen-bond donors (Lipinski definition) is 1. The first kappa shape index (κ1) is 16.8. The zero-order chi connectivity index (χ0) is 17.5. The normalized spacial score (nSPS) is 11.7. The molecule has 2 heterocycles. The van der Waals surface area contributed by atoms with Gasteiger partial charge in [-0.1, -0.05) is 37.3 Å². The monoisotopic (exact) mass is 331 g/mol. The summed E-state index contributed by atoms with van der Waals surface area (Å²) in [4.78, 5) is 21.0. The average molecular weight is 331 g/mol. The Morgan fingerprint density at radius 3 is 2.52 bits per heavy atom. The third-order valence-corrected chi connectivity index (χ3v) is 4.19. The molecular weight excluding hydrogens is 310 g/mol. The van der Waals surface area contributed by atoms with Crippen LogP contribution in [0, 0.1) is 0 Å². The van der Waals surface area contributed by atoms with Gasteiger partial charge < -0.3 is 5.32 Å². The number of aromatic nitrogens is 2. The molecular formula is C21H21N3O. The quantitative estimate of drug-likeness (QED) is 0.744. The van der Waals surface area contributed by atoms with E-state index in [4.69, 9.17) is 0 Å².